The van der Waals surface area contributed by atoms with E-state index in [0.717, 1.165) is 60.6 Å². The molecule has 0 atom stereocenters. The number of carbonyl (C=O) groups excluding carboxylic acids is 1. The molecule has 0 spiro atoms. The van der Waals surface area contributed by atoms with Crippen molar-refractivity contribution < 1.29 is 4.79 Å². The van der Waals surface area contributed by atoms with Gasteiger partial charge in [-0.25, -0.2) is 0 Å². The van der Waals surface area contributed by atoms with Gasteiger partial charge in [-0.05, 0) is 36.8 Å². The van der Waals surface area contributed by atoms with Crippen molar-refractivity contribution in [2.24, 2.45) is 5.73 Å². The number of aromatic nitrogens is 1. The van der Waals surface area contributed by atoms with Crippen LogP contribution in [0.3, 0.4) is 0 Å². The lowest BCUT2D eigenvalue weighted by atomic mass is 10.2. The van der Waals surface area contributed by atoms with Crippen LogP contribution in [0.2, 0.25) is 0 Å². The van der Waals surface area contributed by atoms with Gasteiger partial charge in [-0.15, -0.1) is 0 Å². The summed E-state index contributed by atoms with van der Waals surface area (Å²) in [6, 6.07) is 16.0. The summed E-state index contributed by atoms with van der Waals surface area (Å²) in [7, 11) is 0. The molecule has 0 saturated carbocycles. The summed E-state index contributed by atoms with van der Waals surface area (Å²) in [5.74, 6) is -0.125. The minimum Gasteiger partial charge on any atom is -0.369 e. The van der Waals surface area contributed by atoms with Crippen molar-refractivity contribution in [2.45, 2.75) is 6.92 Å². The second kappa shape index (κ2) is 8.04. The van der Waals surface area contributed by atoms with Crippen LogP contribution < -0.4 is 16.0 Å². The first-order valence-electron chi connectivity index (χ1n) is 9.81. The quantitative estimate of drug-likeness (QED) is 0.639. The first-order valence-corrected chi connectivity index (χ1v) is 9.81. The summed E-state index contributed by atoms with van der Waals surface area (Å²) < 4.78 is 0. The Morgan fingerprint density at radius 3 is 2.64 bits per heavy atom. The number of nitrogens with one attached hydrogen (secondary N) is 2. The zero-order valence-electron chi connectivity index (χ0n) is 16.2. The maximum absolute atomic E-state index is 12.7. The molecule has 1 saturated heterocycles. The lowest BCUT2D eigenvalue weighted by Crippen LogP contribution is -2.47. The van der Waals surface area contributed by atoms with Crippen molar-refractivity contribution in [3.05, 3.63) is 59.8 Å². The van der Waals surface area contributed by atoms with E-state index in [4.69, 9.17) is 5.73 Å². The van der Waals surface area contributed by atoms with E-state index in [-0.39, 0.29) is 5.91 Å². The molecule has 0 radical (unpaired) electrons. The number of anilines is 2. The summed E-state index contributed by atoms with van der Waals surface area (Å²) in [5, 5.41) is 4.07. The summed E-state index contributed by atoms with van der Waals surface area (Å²) >= 11 is 0. The number of para-hydroxylation sites is 1. The van der Waals surface area contributed by atoms with E-state index < -0.39 is 0 Å². The molecule has 6 heteroatoms. The van der Waals surface area contributed by atoms with Crippen molar-refractivity contribution in [2.75, 3.05) is 49.5 Å². The Hall–Kier alpha value is -2.83. The summed E-state index contributed by atoms with van der Waals surface area (Å²) in [4.78, 5) is 20.7. The number of hydrogen-bond donors (Lipinski definition) is 3. The van der Waals surface area contributed by atoms with Gasteiger partial charge in [0, 0.05) is 61.5 Å². The van der Waals surface area contributed by atoms with Gasteiger partial charge in [0.15, 0.2) is 0 Å². The predicted molar refractivity (Wildman–Crippen MR) is 115 cm³/mol. The maximum Gasteiger partial charge on any atom is 0.272 e. The highest BCUT2D eigenvalue weighted by atomic mass is 16.1. The molecule has 4 N–H and O–H groups in total. The van der Waals surface area contributed by atoms with Gasteiger partial charge in [-0.3, -0.25) is 9.69 Å². The fourth-order valence-corrected chi connectivity index (χ4v) is 3.82. The Labute approximate surface area is 165 Å². The lowest BCUT2D eigenvalue weighted by Gasteiger charge is -2.36. The molecule has 2 aromatic carbocycles. The van der Waals surface area contributed by atoms with Gasteiger partial charge in [-0.1, -0.05) is 24.3 Å². The number of aryl methyl sites for hydroxylation is 1. The zero-order chi connectivity index (χ0) is 19.5. The van der Waals surface area contributed by atoms with Crippen LogP contribution in [0.15, 0.2) is 48.5 Å². The minimum atomic E-state index is -0.125. The normalized spacial score (nSPS) is 15.1. The number of benzene rings is 2. The zero-order valence-corrected chi connectivity index (χ0v) is 16.2. The molecular weight excluding hydrogens is 350 g/mol. The first kappa shape index (κ1) is 18.5. The van der Waals surface area contributed by atoms with Crippen molar-refractivity contribution in [1.29, 1.82) is 0 Å². The van der Waals surface area contributed by atoms with Gasteiger partial charge in [0.1, 0.15) is 5.69 Å². The summed E-state index contributed by atoms with van der Waals surface area (Å²) in [6.45, 7) is 7.67. The average Bonchev–Trinajstić information content (AvgIpc) is 3.15. The van der Waals surface area contributed by atoms with Crippen LogP contribution in [-0.4, -0.2) is 55.1 Å². The van der Waals surface area contributed by atoms with E-state index in [1.165, 1.54) is 0 Å². The SMILES string of the molecule is Cc1cccc2cc(C(=O)Nc3cccc(N4CCN(CCN)CC4)c3)[nH]c12. The van der Waals surface area contributed by atoms with Crippen LogP contribution in [0.5, 0.6) is 0 Å². The molecule has 1 aliphatic heterocycles. The third kappa shape index (κ3) is 3.88. The van der Waals surface area contributed by atoms with Crippen LogP contribution in [0.4, 0.5) is 11.4 Å². The van der Waals surface area contributed by atoms with Crippen molar-refractivity contribution in [3.8, 4) is 0 Å². The van der Waals surface area contributed by atoms with Crippen molar-refractivity contribution in [1.82, 2.24) is 9.88 Å². The summed E-state index contributed by atoms with van der Waals surface area (Å²) in [6.07, 6.45) is 0. The molecule has 0 bridgehead atoms. The van der Waals surface area contributed by atoms with Crippen LogP contribution in [-0.2, 0) is 0 Å². The van der Waals surface area contributed by atoms with Crippen LogP contribution in [0.1, 0.15) is 16.1 Å². The molecule has 4 rings (SSSR count). The van der Waals surface area contributed by atoms with Gasteiger partial charge < -0.3 is 20.9 Å². The number of aromatic amines is 1. The number of hydrogen-bond acceptors (Lipinski definition) is 4. The molecule has 2 heterocycles. The summed E-state index contributed by atoms with van der Waals surface area (Å²) in [5.41, 5.74) is 10.3. The molecule has 3 aromatic rings. The molecule has 1 aliphatic rings. The fraction of sp³-hybridized carbons (Fsp3) is 0.318. The molecule has 28 heavy (non-hydrogen) atoms. The minimum absolute atomic E-state index is 0.125. The number of piperazine rings is 1. The van der Waals surface area contributed by atoms with Crippen molar-refractivity contribution in [3.63, 3.8) is 0 Å². The van der Waals surface area contributed by atoms with Gasteiger partial charge in [-0.2, -0.15) is 0 Å². The third-order valence-corrected chi connectivity index (χ3v) is 5.40. The fourth-order valence-electron chi connectivity index (χ4n) is 3.82. The molecule has 146 valence electrons. The third-order valence-electron chi connectivity index (χ3n) is 5.40. The number of amides is 1. The van der Waals surface area contributed by atoms with E-state index in [1.807, 2.05) is 49.4 Å². The van der Waals surface area contributed by atoms with Gasteiger partial charge >= 0.3 is 0 Å². The van der Waals surface area contributed by atoms with Crippen LogP contribution in [0, 0.1) is 6.92 Å². The first-order chi connectivity index (χ1) is 13.6. The molecule has 6 nitrogen and oxygen atoms in total. The van der Waals surface area contributed by atoms with E-state index in [1.54, 1.807) is 0 Å². The predicted octanol–water partition coefficient (Wildman–Crippen LogP) is 2.81. The Kier molecular flexibility index (Phi) is 5.32. The Morgan fingerprint density at radius 1 is 1.11 bits per heavy atom. The number of H-pyrrole nitrogens is 1. The van der Waals surface area contributed by atoms with Gasteiger partial charge in [0.25, 0.3) is 5.91 Å². The standard InChI is InChI=1S/C22H27N5O/c1-16-4-2-5-17-14-20(25-21(16)17)22(28)24-18-6-3-7-19(15-18)27-12-10-26(9-8-23)11-13-27/h2-7,14-15,25H,8-13,23H2,1H3,(H,24,28). The van der Waals surface area contributed by atoms with E-state index in [0.29, 0.717) is 12.2 Å². The number of fused-ring (bicyclic) bond motifs is 1. The molecule has 1 aromatic heterocycles. The second-order valence-electron chi connectivity index (χ2n) is 7.34. The van der Waals surface area contributed by atoms with Crippen molar-refractivity contribution >= 4 is 28.2 Å². The Balaban J connectivity index is 1.45. The maximum atomic E-state index is 12.7. The van der Waals surface area contributed by atoms with Crippen LogP contribution >= 0.6 is 0 Å². The largest absolute Gasteiger partial charge is 0.369 e. The highest BCUT2D eigenvalue weighted by Crippen LogP contribution is 2.23. The molecule has 0 aliphatic carbocycles. The molecular formula is C22H27N5O. The second-order valence-corrected chi connectivity index (χ2v) is 7.34. The van der Waals surface area contributed by atoms with E-state index in [2.05, 4.69) is 26.2 Å². The molecule has 1 amide bonds. The smallest absolute Gasteiger partial charge is 0.272 e. The number of carbonyl (C=O) groups is 1. The molecule has 1 fully saturated rings. The van der Waals surface area contributed by atoms with Gasteiger partial charge in [0.2, 0.25) is 0 Å². The van der Waals surface area contributed by atoms with Gasteiger partial charge in [0.05, 0.1) is 0 Å². The lowest BCUT2D eigenvalue weighted by molar-refractivity contribution is 0.102. The molecule has 0 unspecified atom stereocenters. The Bertz CT molecular complexity index is 972. The highest BCUT2D eigenvalue weighted by molar-refractivity contribution is 6.06. The number of nitrogens with two attached hydrogens (primary N) is 1. The van der Waals surface area contributed by atoms with E-state index in [9.17, 15) is 4.79 Å². The van der Waals surface area contributed by atoms with E-state index >= 15 is 0 Å². The number of nitrogens with zero attached hydrogens (tertiary/aromatic N) is 2. The highest BCUT2D eigenvalue weighted by Gasteiger charge is 2.17. The topological polar surface area (TPSA) is 77.4 Å². The monoisotopic (exact) mass is 377 g/mol. The van der Waals surface area contributed by atoms with Crippen LogP contribution in [0.25, 0.3) is 10.9 Å². The average molecular weight is 377 g/mol. The Morgan fingerprint density at radius 2 is 1.89 bits per heavy atom. The number of rotatable bonds is 5.